The van der Waals surface area contributed by atoms with Crippen LogP contribution in [0.15, 0.2) is 47.7 Å². The number of aliphatic imine (C=N–C) groups is 1. The second-order valence-electron chi connectivity index (χ2n) is 4.94. The lowest BCUT2D eigenvalue weighted by Crippen LogP contribution is -2.16. The molecule has 1 aliphatic heterocycles. The molecule has 1 aromatic carbocycles. The number of nitrogens with zero attached hydrogens (tertiary/aromatic N) is 3. The first-order chi connectivity index (χ1) is 11.3. The third-order valence-electron chi connectivity index (χ3n) is 3.60. The van der Waals surface area contributed by atoms with Gasteiger partial charge in [0.15, 0.2) is 5.82 Å². The van der Waals surface area contributed by atoms with Gasteiger partial charge in [0.25, 0.3) is 0 Å². The van der Waals surface area contributed by atoms with Gasteiger partial charge in [-0.3, -0.25) is 5.10 Å². The van der Waals surface area contributed by atoms with Crippen LogP contribution in [0.3, 0.4) is 0 Å². The smallest absolute Gasteiger partial charge is 0.163 e. The van der Waals surface area contributed by atoms with Gasteiger partial charge in [-0.25, -0.2) is 14.4 Å². The summed E-state index contributed by atoms with van der Waals surface area (Å²) in [6.07, 6.45) is 3.26. The van der Waals surface area contributed by atoms with Gasteiger partial charge < -0.3 is 10.1 Å². The first-order valence-electron chi connectivity index (χ1n) is 6.95. The number of pyridine rings is 1. The van der Waals surface area contributed by atoms with Crippen LogP contribution in [-0.4, -0.2) is 28.1 Å². The van der Waals surface area contributed by atoms with Gasteiger partial charge in [-0.1, -0.05) is 6.07 Å². The average Bonchev–Trinajstić information content (AvgIpc) is 2.96. The summed E-state index contributed by atoms with van der Waals surface area (Å²) in [7, 11) is 1.49. The van der Waals surface area contributed by atoms with Crippen molar-refractivity contribution >= 4 is 17.3 Å². The summed E-state index contributed by atoms with van der Waals surface area (Å²) in [5, 5.41) is 10.1. The van der Waals surface area contributed by atoms with Crippen molar-refractivity contribution in [2.75, 3.05) is 12.4 Å². The standard InChI is InChI=1S/C16H12FN5O/c1-23-12-6-2-5-10(17)13(12)16-20-11-8-19-22-14(11)9-4-3-7-18-15(9)21-16/h2-8H,1H3,(H,19,22)(H,18,20,21). The van der Waals surface area contributed by atoms with Crippen molar-refractivity contribution in [1.82, 2.24) is 15.2 Å². The summed E-state index contributed by atoms with van der Waals surface area (Å²) in [4.78, 5) is 8.77. The predicted octanol–water partition coefficient (Wildman–Crippen LogP) is 3.12. The summed E-state index contributed by atoms with van der Waals surface area (Å²) in [6, 6.07) is 8.33. The molecule has 0 aliphatic carbocycles. The maximum absolute atomic E-state index is 14.4. The van der Waals surface area contributed by atoms with E-state index >= 15 is 0 Å². The lowest BCUT2D eigenvalue weighted by atomic mass is 10.1. The molecule has 0 atom stereocenters. The zero-order valence-corrected chi connectivity index (χ0v) is 12.2. The van der Waals surface area contributed by atoms with Gasteiger partial charge >= 0.3 is 0 Å². The van der Waals surface area contributed by atoms with Crippen molar-refractivity contribution in [3.63, 3.8) is 0 Å². The number of hydrogen-bond acceptors (Lipinski definition) is 5. The number of hydrogen-bond donors (Lipinski definition) is 2. The van der Waals surface area contributed by atoms with E-state index in [1.54, 1.807) is 24.5 Å². The highest BCUT2D eigenvalue weighted by molar-refractivity contribution is 6.14. The largest absolute Gasteiger partial charge is 0.496 e. The maximum Gasteiger partial charge on any atom is 0.163 e. The van der Waals surface area contributed by atoms with Gasteiger partial charge in [0, 0.05) is 11.8 Å². The minimum Gasteiger partial charge on any atom is -0.496 e. The van der Waals surface area contributed by atoms with Gasteiger partial charge in [-0.05, 0) is 24.3 Å². The molecule has 4 rings (SSSR count). The van der Waals surface area contributed by atoms with Crippen molar-refractivity contribution < 1.29 is 9.13 Å². The molecule has 0 saturated heterocycles. The van der Waals surface area contributed by atoms with E-state index < -0.39 is 5.82 Å². The van der Waals surface area contributed by atoms with Crippen LogP contribution in [-0.2, 0) is 0 Å². The Hall–Kier alpha value is -3.22. The minimum atomic E-state index is -0.431. The molecule has 0 unspecified atom stereocenters. The topological polar surface area (TPSA) is 75.2 Å². The van der Waals surface area contributed by atoms with Crippen LogP contribution in [0.1, 0.15) is 5.56 Å². The SMILES string of the molecule is COc1cccc(F)c1C1=Nc2ncccc2-c2[nH]ncc2N1. The van der Waals surface area contributed by atoms with Crippen LogP contribution in [0.5, 0.6) is 5.75 Å². The van der Waals surface area contributed by atoms with E-state index in [0.717, 1.165) is 11.3 Å². The van der Waals surface area contributed by atoms with Crippen molar-refractivity contribution in [2.45, 2.75) is 0 Å². The van der Waals surface area contributed by atoms with Crippen LogP contribution in [0.2, 0.25) is 0 Å². The quantitative estimate of drug-likeness (QED) is 0.762. The van der Waals surface area contributed by atoms with Crippen LogP contribution >= 0.6 is 0 Å². The van der Waals surface area contributed by atoms with Crippen molar-refractivity contribution in [3.8, 4) is 17.0 Å². The highest BCUT2D eigenvalue weighted by atomic mass is 19.1. The molecule has 6 nitrogen and oxygen atoms in total. The molecule has 0 radical (unpaired) electrons. The molecule has 114 valence electrons. The molecule has 1 aliphatic rings. The highest BCUT2D eigenvalue weighted by Gasteiger charge is 2.23. The van der Waals surface area contributed by atoms with E-state index in [0.29, 0.717) is 23.1 Å². The molecule has 0 amide bonds. The number of rotatable bonds is 2. The average molecular weight is 309 g/mol. The fourth-order valence-electron chi connectivity index (χ4n) is 2.55. The molecule has 2 aromatic heterocycles. The summed E-state index contributed by atoms with van der Waals surface area (Å²) in [5.74, 6) is 0.754. The molecule has 0 fully saturated rings. The number of aromatic amines is 1. The zero-order valence-electron chi connectivity index (χ0n) is 12.2. The number of fused-ring (bicyclic) bond motifs is 3. The normalized spacial score (nSPS) is 12.5. The number of aromatic nitrogens is 3. The van der Waals surface area contributed by atoms with E-state index in [1.807, 2.05) is 12.1 Å². The van der Waals surface area contributed by atoms with Gasteiger partial charge in [0.2, 0.25) is 0 Å². The number of anilines is 1. The maximum atomic E-state index is 14.4. The summed E-state index contributed by atoms with van der Waals surface area (Å²) in [6.45, 7) is 0. The van der Waals surface area contributed by atoms with E-state index in [2.05, 4.69) is 25.5 Å². The van der Waals surface area contributed by atoms with Crippen LogP contribution in [0, 0.1) is 5.82 Å². The fourth-order valence-corrected chi connectivity index (χ4v) is 2.55. The second-order valence-corrected chi connectivity index (χ2v) is 4.94. The Morgan fingerprint density at radius 2 is 2.09 bits per heavy atom. The number of nitrogens with one attached hydrogen (secondary N) is 2. The van der Waals surface area contributed by atoms with E-state index in [1.165, 1.54) is 13.2 Å². The molecule has 3 heterocycles. The Morgan fingerprint density at radius 3 is 2.96 bits per heavy atom. The van der Waals surface area contributed by atoms with Crippen molar-refractivity contribution in [2.24, 2.45) is 4.99 Å². The highest BCUT2D eigenvalue weighted by Crippen LogP contribution is 2.36. The summed E-state index contributed by atoms with van der Waals surface area (Å²) in [5.41, 5.74) is 2.49. The molecule has 0 saturated carbocycles. The van der Waals surface area contributed by atoms with E-state index in [4.69, 9.17) is 4.74 Å². The minimum absolute atomic E-state index is 0.251. The number of ether oxygens (including phenoxy) is 1. The molecule has 0 bridgehead atoms. The zero-order chi connectivity index (χ0) is 15.8. The van der Waals surface area contributed by atoms with Gasteiger partial charge in [0.05, 0.1) is 30.3 Å². The number of H-pyrrole nitrogens is 1. The molecule has 2 N–H and O–H groups in total. The van der Waals surface area contributed by atoms with Crippen LogP contribution < -0.4 is 10.1 Å². The monoisotopic (exact) mass is 309 g/mol. The Bertz CT molecular complexity index is 918. The molecular weight excluding hydrogens is 297 g/mol. The Kier molecular flexibility index (Phi) is 3.04. The lowest BCUT2D eigenvalue weighted by Gasteiger charge is -2.12. The van der Waals surface area contributed by atoms with Gasteiger partial charge in [-0.15, -0.1) is 0 Å². The number of methoxy groups -OCH3 is 1. The third-order valence-corrected chi connectivity index (χ3v) is 3.60. The lowest BCUT2D eigenvalue weighted by molar-refractivity contribution is 0.410. The first-order valence-corrected chi connectivity index (χ1v) is 6.95. The number of amidine groups is 1. The molecule has 0 spiro atoms. The van der Waals surface area contributed by atoms with Gasteiger partial charge in [0.1, 0.15) is 17.4 Å². The molecular formula is C16H12FN5O. The van der Waals surface area contributed by atoms with Gasteiger partial charge in [-0.2, -0.15) is 5.10 Å². The molecule has 3 aromatic rings. The van der Waals surface area contributed by atoms with Crippen LogP contribution in [0.25, 0.3) is 11.3 Å². The summed E-state index contributed by atoms with van der Waals surface area (Å²) < 4.78 is 19.7. The Labute approximate surface area is 131 Å². The molecule has 23 heavy (non-hydrogen) atoms. The summed E-state index contributed by atoms with van der Waals surface area (Å²) >= 11 is 0. The first kappa shape index (κ1) is 13.4. The number of halogens is 1. The third kappa shape index (κ3) is 2.13. The Balaban J connectivity index is 1.98. The predicted molar refractivity (Wildman–Crippen MR) is 84.6 cm³/mol. The van der Waals surface area contributed by atoms with Crippen LogP contribution in [0.4, 0.5) is 15.9 Å². The Morgan fingerprint density at radius 1 is 1.17 bits per heavy atom. The van der Waals surface area contributed by atoms with Crippen molar-refractivity contribution in [3.05, 3.63) is 54.1 Å². The fraction of sp³-hybridized carbons (Fsp3) is 0.0625. The van der Waals surface area contributed by atoms with E-state index in [9.17, 15) is 4.39 Å². The number of benzene rings is 1. The van der Waals surface area contributed by atoms with E-state index in [-0.39, 0.29) is 5.56 Å². The second kappa shape index (κ2) is 5.20. The molecule has 7 heteroatoms. The van der Waals surface area contributed by atoms with Crippen molar-refractivity contribution in [1.29, 1.82) is 0 Å².